The van der Waals surface area contributed by atoms with Gasteiger partial charge in [-0.1, -0.05) is 17.7 Å². The Labute approximate surface area is 167 Å². The first kappa shape index (κ1) is 19.6. The van der Waals surface area contributed by atoms with Crippen LogP contribution in [0.15, 0.2) is 36.5 Å². The van der Waals surface area contributed by atoms with Crippen molar-refractivity contribution in [1.29, 1.82) is 5.26 Å². The highest BCUT2D eigenvalue weighted by molar-refractivity contribution is 6.31. The lowest BCUT2D eigenvalue weighted by Gasteiger charge is -2.33. The standard InChI is InChI=1S/C19H19Cl2N5O/c20-15-8-12(3-4-13(15)10-22)11-23-14-5-6-17(16(21)9-14)25-19(27)18-2-1-7-24-26-18/h1-4,7-8,14,16-17,23H,5-6,9,11H2,(H,25,27)/t14-,16-,17-/m1/s1. The second-order valence-electron chi connectivity index (χ2n) is 6.52. The average Bonchev–Trinajstić information content (AvgIpc) is 2.69. The topological polar surface area (TPSA) is 90.7 Å². The van der Waals surface area contributed by atoms with Crippen LogP contribution >= 0.6 is 23.2 Å². The third-order valence-electron chi connectivity index (χ3n) is 4.64. The van der Waals surface area contributed by atoms with E-state index in [9.17, 15) is 4.79 Å². The molecular weight excluding hydrogens is 385 g/mol. The third-order valence-corrected chi connectivity index (χ3v) is 5.44. The van der Waals surface area contributed by atoms with Crippen LogP contribution in [0.25, 0.3) is 0 Å². The van der Waals surface area contributed by atoms with Crippen LogP contribution in [0.3, 0.4) is 0 Å². The molecule has 6 nitrogen and oxygen atoms in total. The first-order valence-corrected chi connectivity index (χ1v) is 9.53. The van der Waals surface area contributed by atoms with Crippen LogP contribution in [0, 0.1) is 11.3 Å². The molecular formula is C19H19Cl2N5O. The summed E-state index contributed by atoms with van der Waals surface area (Å²) in [6.07, 6.45) is 3.96. The number of rotatable bonds is 5. The Balaban J connectivity index is 1.49. The zero-order chi connectivity index (χ0) is 19.2. The lowest BCUT2D eigenvalue weighted by Crippen LogP contribution is -2.48. The van der Waals surface area contributed by atoms with Gasteiger partial charge in [0.25, 0.3) is 5.91 Å². The van der Waals surface area contributed by atoms with Crippen LogP contribution in [0.1, 0.15) is 40.9 Å². The number of nitriles is 1. The van der Waals surface area contributed by atoms with Gasteiger partial charge in [0, 0.05) is 24.8 Å². The molecule has 0 radical (unpaired) electrons. The Hall–Kier alpha value is -2.20. The van der Waals surface area contributed by atoms with Gasteiger partial charge in [-0.25, -0.2) is 0 Å². The molecule has 1 aromatic heterocycles. The van der Waals surface area contributed by atoms with Gasteiger partial charge in [-0.3, -0.25) is 4.79 Å². The fourth-order valence-corrected chi connectivity index (χ4v) is 3.80. The maximum absolute atomic E-state index is 12.2. The van der Waals surface area contributed by atoms with E-state index < -0.39 is 0 Å². The van der Waals surface area contributed by atoms with Crippen molar-refractivity contribution in [2.24, 2.45) is 0 Å². The zero-order valence-corrected chi connectivity index (χ0v) is 16.0. The third kappa shape index (κ3) is 5.16. The van der Waals surface area contributed by atoms with Crippen molar-refractivity contribution in [3.63, 3.8) is 0 Å². The van der Waals surface area contributed by atoms with E-state index in [0.29, 0.717) is 22.8 Å². The molecule has 1 saturated carbocycles. The number of amides is 1. The molecule has 1 amide bonds. The molecule has 2 N–H and O–H groups in total. The van der Waals surface area contributed by atoms with E-state index >= 15 is 0 Å². The summed E-state index contributed by atoms with van der Waals surface area (Å²) in [6.45, 7) is 0.649. The first-order chi connectivity index (χ1) is 13.1. The predicted molar refractivity (Wildman–Crippen MR) is 104 cm³/mol. The van der Waals surface area contributed by atoms with E-state index in [1.165, 1.54) is 6.20 Å². The molecule has 1 fully saturated rings. The molecule has 27 heavy (non-hydrogen) atoms. The number of hydrogen-bond acceptors (Lipinski definition) is 5. The number of nitrogens with zero attached hydrogens (tertiary/aromatic N) is 3. The van der Waals surface area contributed by atoms with Crippen LogP contribution < -0.4 is 10.6 Å². The van der Waals surface area contributed by atoms with Gasteiger partial charge in [-0.05, 0) is 49.1 Å². The molecule has 1 aliphatic carbocycles. The molecule has 140 valence electrons. The number of halogens is 2. The highest BCUT2D eigenvalue weighted by Gasteiger charge is 2.30. The van der Waals surface area contributed by atoms with E-state index in [4.69, 9.17) is 28.5 Å². The summed E-state index contributed by atoms with van der Waals surface area (Å²) in [4.78, 5) is 12.2. The van der Waals surface area contributed by atoms with Gasteiger partial charge < -0.3 is 10.6 Å². The lowest BCUT2D eigenvalue weighted by molar-refractivity contribution is 0.0919. The number of aromatic nitrogens is 2. The largest absolute Gasteiger partial charge is 0.346 e. The Bertz CT molecular complexity index is 840. The number of carbonyl (C=O) groups excluding carboxylic acids is 1. The number of carbonyl (C=O) groups is 1. The zero-order valence-electron chi connectivity index (χ0n) is 14.5. The van der Waals surface area contributed by atoms with E-state index in [-0.39, 0.29) is 23.4 Å². The van der Waals surface area contributed by atoms with Crippen molar-refractivity contribution in [1.82, 2.24) is 20.8 Å². The quantitative estimate of drug-likeness (QED) is 0.748. The highest BCUT2D eigenvalue weighted by atomic mass is 35.5. The maximum atomic E-state index is 12.2. The van der Waals surface area contributed by atoms with E-state index in [1.807, 2.05) is 6.07 Å². The molecule has 3 rings (SSSR count). The van der Waals surface area contributed by atoms with E-state index in [1.54, 1.807) is 24.3 Å². The Kier molecular flexibility index (Phi) is 6.62. The van der Waals surface area contributed by atoms with Crippen molar-refractivity contribution in [3.8, 4) is 6.07 Å². The normalized spacial score (nSPS) is 22.0. The van der Waals surface area contributed by atoms with Crippen LogP contribution in [-0.2, 0) is 6.54 Å². The Morgan fingerprint density at radius 1 is 1.33 bits per heavy atom. The van der Waals surface area contributed by atoms with Gasteiger partial charge in [-0.15, -0.1) is 16.7 Å². The molecule has 8 heteroatoms. The number of alkyl halides is 1. The van der Waals surface area contributed by atoms with Crippen molar-refractivity contribution in [3.05, 3.63) is 58.4 Å². The van der Waals surface area contributed by atoms with Crippen LogP contribution in [0.5, 0.6) is 0 Å². The van der Waals surface area contributed by atoms with Crippen LogP contribution in [-0.4, -0.2) is 33.6 Å². The maximum Gasteiger partial charge on any atom is 0.272 e. The number of nitrogens with one attached hydrogen (secondary N) is 2. The van der Waals surface area contributed by atoms with Gasteiger partial charge in [0.1, 0.15) is 6.07 Å². The molecule has 0 unspecified atom stereocenters. The van der Waals surface area contributed by atoms with E-state index in [2.05, 4.69) is 26.9 Å². The summed E-state index contributed by atoms with van der Waals surface area (Å²) in [7, 11) is 0. The summed E-state index contributed by atoms with van der Waals surface area (Å²) in [5, 5.41) is 23.2. The van der Waals surface area contributed by atoms with Crippen LogP contribution in [0.2, 0.25) is 5.02 Å². The van der Waals surface area contributed by atoms with Crippen molar-refractivity contribution >= 4 is 29.1 Å². The smallest absolute Gasteiger partial charge is 0.272 e. The summed E-state index contributed by atoms with van der Waals surface area (Å²) in [5.41, 5.74) is 1.78. The molecule has 1 aromatic carbocycles. The predicted octanol–water partition coefficient (Wildman–Crippen LogP) is 3.05. The number of benzene rings is 1. The minimum atomic E-state index is -0.252. The van der Waals surface area contributed by atoms with Gasteiger partial charge in [0.05, 0.1) is 16.0 Å². The van der Waals surface area contributed by atoms with Crippen molar-refractivity contribution in [2.75, 3.05) is 0 Å². The van der Waals surface area contributed by atoms with Crippen LogP contribution in [0.4, 0.5) is 0 Å². The Morgan fingerprint density at radius 3 is 2.85 bits per heavy atom. The molecule has 2 aromatic rings. The number of hydrogen-bond donors (Lipinski definition) is 2. The fraction of sp³-hybridized carbons (Fsp3) is 0.368. The minimum absolute atomic E-state index is 0.0939. The summed E-state index contributed by atoms with van der Waals surface area (Å²) >= 11 is 12.6. The molecule has 3 atom stereocenters. The molecule has 0 aliphatic heterocycles. The van der Waals surface area contributed by atoms with Crippen molar-refractivity contribution in [2.45, 2.75) is 43.3 Å². The second kappa shape index (κ2) is 9.14. The molecule has 0 saturated heterocycles. The fourth-order valence-electron chi connectivity index (χ4n) is 3.15. The van der Waals surface area contributed by atoms with Gasteiger partial charge in [-0.2, -0.15) is 10.4 Å². The molecule has 1 heterocycles. The molecule has 0 bridgehead atoms. The van der Waals surface area contributed by atoms with E-state index in [0.717, 1.165) is 24.8 Å². The SMILES string of the molecule is N#Cc1ccc(CN[C@@H]2CC[C@@H](NC(=O)c3cccnn3)[C@H](Cl)C2)cc1Cl. The van der Waals surface area contributed by atoms with Gasteiger partial charge in [0.2, 0.25) is 0 Å². The minimum Gasteiger partial charge on any atom is -0.346 e. The average molecular weight is 404 g/mol. The molecule has 0 spiro atoms. The monoisotopic (exact) mass is 403 g/mol. The molecule has 1 aliphatic rings. The highest BCUT2D eigenvalue weighted by Crippen LogP contribution is 2.25. The summed E-state index contributed by atoms with van der Waals surface area (Å²) in [5.74, 6) is -0.252. The summed E-state index contributed by atoms with van der Waals surface area (Å²) < 4.78 is 0. The first-order valence-electron chi connectivity index (χ1n) is 8.71. The van der Waals surface area contributed by atoms with Crippen molar-refractivity contribution < 1.29 is 4.79 Å². The summed E-state index contributed by atoms with van der Waals surface area (Å²) in [6, 6.07) is 10.9. The van der Waals surface area contributed by atoms with Gasteiger partial charge in [0.15, 0.2) is 5.69 Å². The Morgan fingerprint density at radius 2 is 2.19 bits per heavy atom. The van der Waals surface area contributed by atoms with Gasteiger partial charge >= 0.3 is 0 Å². The lowest BCUT2D eigenvalue weighted by atomic mass is 9.90. The second-order valence-corrected chi connectivity index (χ2v) is 7.49.